The zero-order valence-corrected chi connectivity index (χ0v) is 11.0. The average molecular weight is 295 g/mol. The molecule has 0 aliphatic heterocycles. The molecule has 0 unspecified atom stereocenters. The van der Waals surface area contributed by atoms with Gasteiger partial charge in [-0.25, -0.2) is 0 Å². The van der Waals surface area contributed by atoms with Crippen LogP contribution < -0.4 is 0 Å². The summed E-state index contributed by atoms with van der Waals surface area (Å²) in [4.78, 5) is 1.16. The van der Waals surface area contributed by atoms with E-state index in [4.69, 9.17) is 0 Å². The van der Waals surface area contributed by atoms with Crippen molar-refractivity contribution in [2.24, 2.45) is 0 Å². The molecule has 0 spiro atoms. The quantitative estimate of drug-likeness (QED) is 0.838. The molecule has 2 aromatic carbocycles. The Kier molecular flexibility index (Phi) is 3.56. The van der Waals surface area contributed by atoms with Crippen molar-refractivity contribution >= 4 is 38.5 Å². The second kappa shape index (κ2) is 4.93. The predicted molar refractivity (Wildman–Crippen MR) is 74.4 cm³/mol. The molecule has 0 amide bonds. The molecule has 2 rings (SSSR count). The van der Waals surface area contributed by atoms with Crippen molar-refractivity contribution in [2.75, 3.05) is 5.75 Å². The van der Waals surface area contributed by atoms with Gasteiger partial charge in [-0.2, -0.15) is 0 Å². The van der Waals surface area contributed by atoms with Crippen LogP contribution in [-0.4, -0.2) is 10.9 Å². The van der Waals surface area contributed by atoms with Crippen LogP contribution in [0.5, 0.6) is 5.75 Å². The van der Waals surface area contributed by atoms with Gasteiger partial charge < -0.3 is 5.11 Å². The molecule has 1 N–H and O–H groups in total. The normalized spacial score (nSPS) is 10.6. The van der Waals surface area contributed by atoms with E-state index < -0.39 is 0 Å². The third kappa shape index (κ3) is 2.42. The molecule has 0 radical (unpaired) electrons. The zero-order chi connectivity index (χ0) is 11.5. The summed E-state index contributed by atoms with van der Waals surface area (Å²) in [5.74, 6) is 1.16. The van der Waals surface area contributed by atoms with Crippen molar-refractivity contribution < 1.29 is 5.11 Å². The Labute approximate surface area is 107 Å². The Balaban J connectivity index is 2.46. The molecular formula is C13H11BrOS. The average Bonchev–Trinajstić information content (AvgIpc) is 2.28. The topological polar surface area (TPSA) is 20.2 Å². The molecule has 0 aromatic heterocycles. The molecule has 1 nitrogen and oxygen atoms in total. The van der Waals surface area contributed by atoms with Gasteiger partial charge in [0.15, 0.2) is 0 Å². The second-order valence-electron chi connectivity index (χ2n) is 3.43. The van der Waals surface area contributed by atoms with E-state index in [1.165, 1.54) is 0 Å². The van der Waals surface area contributed by atoms with Gasteiger partial charge in [0, 0.05) is 16.0 Å². The van der Waals surface area contributed by atoms with Gasteiger partial charge in [0.05, 0.1) is 0 Å². The number of phenolic OH excluding ortho intramolecular Hbond substituents is 1. The minimum Gasteiger partial charge on any atom is -0.507 e. The first-order valence-electron chi connectivity index (χ1n) is 4.85. The summed E-state index contributed by atoms with van der Waals surface area (Å²) >= 11 is 5.05. The Morgan fingerprint density at radius 2 is 1.88 bits per heavy atom. The lowest BCUT2D eigenvalue weighted by atomic mass is 10.1. The van der Waals surface area contributed by atoms with Gasteiger partial charge in [0.2, 0.25) is 0 Å². The van der Waals surface area contributed by atoms with Crippen LogP contribution in [0.3, 0.4) is 0 Å². The first-order chi connectivity index (χ1) is 7.68. The number of rotatable bonds is 3. The number of hydrogen-bond donors (Lipinski definition) is 1. The van der Waals surface area contributed by atoms with Crippen LogP contribution in [0, 0.1) is 0 Å². The number of benzene rings is 2. The summed E-state index contributed by atoms with van der Waals surface area (Å²) in [6, 6.07) is 11.5. The standard InChI is InChI=1S/C13H11BrOS/c1-9(14)8-16-13-7-6-12(15)10-4-2-3-5-11(10)13/h2-7,15H,1,8H2. The highest BCUT2D eigenvalue weighted by atomic mass is 79.9. The number of fused-ring (bicyclic) bond motifs is 1. The lowest BCUT2D eigenvalue weighted by molar-refractivity contribution is 0.481. The van der Waals surface area contributed by atoms with E-state index in [1.54, 1.807) is 17.8 Å². The maximum Gasteiger partial charge on any atom is 0.123 e. The van der Waals surface area contributed by atoms with Crippen molar-refractivity contribution in [3.8, 4) is 5.75 Å². The maximum absolute atomic E-state index is 9.74. The number of halogens is 1. The monoisotopic (exact) mass is 294 g/mol. The zero-order valence-electron chi connectivity index (χ0n) is 8.61. The second-order valence-corrected chi connectivity index (χ2v) is 5.57. The SMILES string of the molecule is C=C(Br)CSc1ccc(O)c2ccccc12. The summed E-state index contributed by atoms with van der Waals surface area (Å²) in [6.45, 7) is 3.81. The molecule has 0 fully saturated rings. The predicted octanol–water partition coefficient (Wildman–Crippen LogP) is 4.55. The Morgan fingerprint density at radius 3 is 2.56 bits per heavy atom. The van der Waals surface area contributed by atoms with E-state index in [-0.39, 0.29) is 0 Å². The van der Waals surface area contributed by atoms with E-state index in [1.807, 2.05) is 30.3 Å². The summed E-state index contributed by atoms with van der Waals surface area (Å²) < 4.78 is 0.967. The van der Waals surface area contributed by atoms with Crippen LogP contribution in [0.15, 0.2) is 52.4 Å². The van der Waals surface area contributed by atoms with Gasteiger partial charge in [-0.15, -0.1) is 11.8 Å². The first-order valence-corrected chi connectivity index (χ1v) is 6.63. The lowest BCUT2D eigenvalue weighted by Crippen LogP contribution is -1.81. The fraction of sp³-hybridized carbons (Fsp3) is 0.0769. The molecule has 0 heterocycles. The van der Waals surface area contributed by atoms with Crippen LogP contribution in [0.25, 0.3) is 10.8 Å². The molecule has 0 saturated carbocycles. The summed E-state index contributed by atoms with van der Waals surface area (Å²) in [5.41, 5.74) is 0. The Morgan fingerprint density at radius 1 is 1.19 bits per heavy atom. The summed E-state index contributed by atoms with van der Waals surface area (Å²) in [5, 5.41) is 11.7. The molecule has 0 aliphatic carbocycles. The third-order valence-corrected chi connectivity index (χ3v) is 4.06. The number of thioether (sulfide) groups is 1. The molecule has 0 aliphatic rings. The van der Waals surface area contributed by atoms with Crippen LogP contribution in [0.1, 0.15) is 0 Å². The van der Waals surface area contributed by atoms with Crippen molar-refractivity contribution in [2.45, 2.75) is 4.90 Å². The number of aromatic hydroxyl groups is 1. The molecule has 0 saturated heterocycles. The van der Waals surface area contributed by atoms with Gasteiger partial charge >= 0.3 is 0 Å². The van der Waals surface area contributed by atoms with Gasteiger partial charge in [0.1, 0.15) is 5.75 Å². The van der Waals surface area contributed by atoms with E-state index in [9.17, 15) is 5.11 Å². The number of hydrogen-bond acceptors (Lipinski definition) is 2. The molecular weight excluding hydrogens is 284 g/mol. The van der Waals surface area contributed by atoms with Crippen molar-refractivity contribution in [3.63, 3.8) is 0 Å². The third-order valence-electron chi connectivity index (χ3n) is 2.25. The maximum atomic E-state index is 9.74. The van der Waals surface area contributed by atoms with E-state index >= 15 is 0 Å². The Bertz CT molecular complexity index is 536. The van der Waals surface area contributed by atoms with Crippen LogP contribution in [-0.2, 0) is 0 Å². The van der Waals surface area contributed by atoms with Gasteiger partial charge in [-0.05, 0) is 22.0 Å². The fourth-order valence-corrected chi connectivity index (χ4v) is 2.69. The summed E-state index contributed by atoms with van der Waals surface area (Å²) in [6.07, 6.45) is 0. The molecule has 2 aromatic rings. The minimum absolute atomic E-state index is 0.331. The first kappa shape index (κ1) is 11.6. The smallest absolute Gasteiger partial charge is 0.123 e. The van der Waals surface area contributed by atoms with Crippen LogP contribution in [0.2, 0.25) is 0 Å². The van der Waals surface area contributed by atoms with Gasteiger partial charge in [-0.1, -0.05) is 46.8 Å². The van der Waals surface area contributed by atoms with Crippen molar-refractivity contribution in [3.05, 3.63) is 47.5 Å². The summed E-state index contributed by atoms with van der Waals surface area (Å²) in [7, 11) is 0. The molecule has 0 atom stereocenters. The van der Waals surface area contributed by atoms with E-state index in [0.717, 1.165) is 25.9 Å². The van der Waals surface area contributed by atoms with E-state index in [2.05, 4.69) is 22.5 Å². The molecule has 82 valence electrons. The van der Waals surface area contributed by atoms with Crippen molar-refractivity contribution in [1.29, 1.82) is 0 Å². The van der Waals surface area contributed by atoms with Crippen LogP contribution in [0.4, 0.5) is 0 Å². The lowest BCUT2D eigenvalue weighted by Gasteiger charge is -2.07. The molecule has 0 bridgehead atoms. The van der Waals surface area contributed by atoms with Gasteiger partial charge in [0.25, 0.3) is 0 Å². The fourth-order valence-electron chi connectivity index (χ4n) is 1.54. The minimum atomic E-state index is 0.331. The van der Waals surface area contributed by atoms with Gasteiger partial charge in [-0.3, -0.25) is 0 Å². The highest BCUT2D eigenvalue weighted by molar-refractivity contribution is 9.11. The molecule has 16 heavy (non-hydrogen) atoms. The van der Waals surface area contributed by atoms with Crippen molar-refractivity contribution in [1.82, 2.24) is 0 Å². The number of phenols is 1. The Hall–Kier alpha value is -0.930. The highest BCUT2D eigenvalue weighted by Gasteiger charge is 2.05. The molecule has 3 heteroatoms. The highest BCUT2D eigenvalue weighted by Crippen LogP contribution is 2.34. The van der Waals surface area contributed by atoms with E-state index in [0.29, 0.717) is 5.75 Å². The largest absolute Gasteiger partial charge is 0.507 e. The van der Waals surface area contributed by atoms with Crippen LogP contribution >= 0.6 is 27.7 Å².